The van der Waals surface area contributed by atoms with Crippen LogP contribution in [-0.2, 0) is 0 Å². The lowest BCUT2D eigenvalue weighted by molar-refractivity contribution is 0.169. The third-order valence-electron chi connectivity index (χ3n) is 4.76. The maximum Gasteiger partial charge on any atom is -0.00436 e. The zero-order chi connectivity index (χ0) is 10.6. The lowest BCUT2D eigenvalue weighted by Crippen LogP contribution is -2.36. The summed E-state index contributed by atoms with van der Waals surface area (Å²) in [7, 11) is 0. The highest BCUT2D eigenvalue weighted by Gasteiger charge is 2.33. The monoisotopic (exact) mass is 209 g/mol. The predicted molar refractivity (Wildman–Crippen MR) is 66.0 cm³/mol. The second-order valence-corrected chi connectivity index (χ2v) is 5.84. The van der Waals surface area contributed by atoms with Crippen molar-refractivity contribution in [3.05, 3.63) is 0 Å². The van der Waals surface area contributed by atoms with E-state index in [-0.39, 0.29) is 0 Å². The average Bonchev–Trinajstić information content (AvgIpc) is 2.44. The maximum absolute atomic E-state index is 3.51. The summed E-state index contributed by atoms with van der Waals surface area (Å²) in [4.78, 5) is 0. The number of hydrogen-bond donors (Lipinski definition) is 1. The number of nitrogens with one attached hydrogen (secondary N) is 1. The Labute approximate surface area is 95.0 Å². The molecule has 1 spiro atoms. The summed E-state index contributed by atoms with van der Waals surface area (Å²) < 4.78 is 0. The normalized spacial score (nSPS) is 31.4. The van der Waals surface area contributed by atoms with Crippen molar-refractivity contribution >= 4 is 0 Å². The van der Waals surface area contributed by atoms with Gasteiger partial charge in [-0.2, -0.15) is 0 Å². The molecule has 1 aliphatic carbocycles. The summed E-state index contributed by atoms with van der Waals surface area (Å²) in [5.41, 5.74) is 0.758. The van der Waals surface area contributed by atoms with E-state index in [0.29, 0.717) is 0 Å². The minimum atomic E-state index is 0.758. The first-order valence-corrected chi connectivity index (χ1v) is 7.05. The van der Waals surface area contributed by atoms with Crippen LogP contribution >= 0.6 is 0 Å². The molecular weight excluding hydrogens is 182 g/mol. The zero-order valence-electron chi connectivity index (χ0n) is 10.4. The van der Waals surface area contributed by atoms with Crippen LogP contribution in [0, 0.1) is 11.3 Å². The van der Waals surface area contributed by atoms with E-state index in [1.165, 1.54) is 70.9 Å². The molecule has 2 rings (SSSR count). The summed E-state index contributed by atoms with van der Waals surface area (Å²) >= 11 is 0. The Morgan fingerprint density at radius 1 is 1.07 bits per heavy atom. The van der Waals surface area contributed by atoms with Crippen LogP contribution in [0.1, 0.15) is 64.7 Å². The standard InChI is InChI=1S/C14H27N/c1-2-4-13-5-3-7-14(8-6-13)9-11-15-12-10-14/h13,15H,2-12H2,1H3. The van der Waals surface area contributed by atoms with E-state index < -0.39 is 0 Å². The van der Waals surface area contributed by atoms with Gasteiger partial charge in [-0.1, -0.05) is 32.6 Å². The fourth-order valence-electron chi connectivity index (χ4n) is 3.70. The van der Waals surface area contributed by atoms with Crippen molar-refractivity contribution in [1.29, 1.82) is 0 Å². The molecule has 0 bridgehead atoms. The van der Waals surface area contributed by atoms with Crippen molar-refractivity contribution in [2.45, 2.75) is 64.7 Å². The van der Waals surface area contributed by atoms with Crippen molar-refractivity contribution in [2.75, 3.05) is 13.1 Å². The second kappa shape index (κ2) is 5.34. The van der Waals surface area contributed by atoms with E-state index in [2.05, 4.69) is 12.2 Å². The Bertz CT molecular complexity index is 182. The Balaban J connectivity index is 1.87. The molecule has 1 aliphatic heterocycles. The van der Waals surface area contributed by atoms with E-state index in [9.17, 15) is 0 Å². The third-order valence-corrected chi connectivity index (χ3v) is 4.76. The van der Waals surface area contributed by atoms with E-state index in [1.807, 2.05) is 0 Å². The van der Waals surface area contributed by atoms with Crippen molar-refractivity contribution < 1.29 is 0 Å². The van der Waals surface area contributed by atoms with Crippen LogP contribution < -0.4 is 5.32 Å². The second-order valence-electron chi connectivity index (χ2n) is 5.84. The molecule has 2 aliphatic rings. The Morgan fingerprint density at radius 2 is 1.87 bits per heavy atom. The van der Waals surface area contributed by atoms with Crippen molar-refractivity contribution in [1.82, 2.24) is 5.32 Å². The van der Waals surface area contributed by atoms with Crippen LogP contribution in [0.2, 0.25) is 0 Å². The van der Waals surface area contributed by atoms with Gasteiger partial charge in [0, 0.05) is 0 Å². The average molecular weight is 209 g/mol. The first kappa shape index (κ1) is 11.4. The molecule has 1 saturated heterocycles. The van der Waals surface area contributed by atoms with Crippen LogP contribution in [-0.4, -0.2) is 13.1 Å². The number of piperidine rings is 1. The van der Waals surface area contributed by atoms with Crippen LogP contribution in [0.3, 0.4) is 0 Å². The van der Waals surface area contributed by atoms with Crippen LogP contribution in [0.4, 0.5) is 0 Å². The molecule has 1 heterocycles. The molecule has 1 unspecified atom stereocenters. The quantitative estimate of drug-likeness (QED) is 0.730. The van der Waals surface area contributed by atoms with Gasteiger partial charge in [0.1, 0.15) is 0 Å². The van der Waals surface area contributed by atoms with Gasteiger partial charge in [-0.3, -0.25) is 0 Å². The van der Waals surface area contributed by atoms with E-state index >= 15 is 0 Å². The molecule has 15 heavy (non-hydrogen) atoms. The van der Waals surface area contributed by atoms with E-state index in [1.54, 1.807) is 0 Å². The molecule has 88 valence electrons. The molecule has 0 amide bonds. The first-order valence-electron chi connectivity index (χ1n) is 7.05. The minimum Gasteiger partial charge on any atom is -0.317 e. The van der Waals surface area contributed by atoms with Gasteiger partial charge >= 0.3 is 0 Å². The smallest absolute Gasteiger partial charge is 0.00436 e. The van der Waals surface area contributed by atoms with Gasteiger partial charge in [-0.05, 0) is 56.5 Å². The lowest BCUT2D eigenvalue weighted by Gasteiger charge is -2.37. The Kier molecular flexibility index (Phi) is 4.07. The largest absolute Gasteiger partial charge is 0.317 e. The molecule has 1 saturated carbocycles. The Hall–Kier alpha value is -0.0400. The van der Waals surface area contributed by atoms with E-state index in [0.717, 1.165) is 11.3 Å². The third kappa shape index (κ3) is 2.96. The molecule has 1 atom stereocenters. The molecule has 1 nitrogen and oxygen atoms in total. The number of hydrogen-bond acceptors (Lipinski definition) is 1. The molecule has 2 fully saturated rings. The first-order chi connectivity index (χ1) is 7.35. The maximum atomic E-state index is 3.51. The SMILES string of the molecule is CCCC1CCCC2(CCNCC2)CC1. The lowest BCUT2D eigenvalue weighted by atomic mass is 9.73. The predicted octanol–water partition coefficient (Wildman–Crippen LogP) is 3.74. The summed E-state index contributed by atoms with van der Waals surface area (Å²) in [6.45, 7) is 4.89. The van der Waals surface area contributed by atoms with Gasteiger partial charge in [-0.15, -0.1) is 0 Å². The molecular formula is C14H27N. The molecule has 1 heteroatoms. The number of rotatable bonds is 2. The van der Waals surface area contributed by atoms with Gasteiger partial charge in [0.15, 0.2) is 0 Å². The summed E-state index contributed by atoms with van der Waals surface area (Å²) in [6.07, 6.45) is 13.4. The topological polar surface area (TPSA) is 12.0 Å². The fraction of sp³-hybridized carbons (Fsp3) is 1.00. The van der Waals surface area contributed by atoms with Crippen LogP contribution in [0.5, 0.6) is 0 Å². The summed E-state index contributed by atoms with van der Waals surface area (Å²) in [6, 6.07) is 0. The molecule has 0 aromatic carbocycles. The fourth-order valence-corrected chi connectivity index (χ4v) is 3.70. The summed E-state index contributed by atoms with van der Waals surface area (Å²) in [5, 5.41) is 3.51. The van der Waals surface area contributed by atoms with Gasteiger partial charge in [0.2, 0.25) is 0 Å². The highest BCUT2D eigenvalue weighted by molar-refractivity contribution is 4.87. The van der Waals surface area contributed by atoms with Gasteiger partial charge in [0.05, 0.1) is 0 Å². The summed E-state index contributed by atoms with van der Waals surface area (Å²) in [5.74, 6) is 1.06. The molecule has 1 N–H and O–H groups in total. The zero-order valence-corrected chi connectivity index (χ0v) is 10.4. The highest BCUT2D eigenvalue weighted by atomic mass is 14.9. The Morgan fingerprint density at radius 3 is 2.60 bits per heavy atom. The molecule has 0 aromatic rings. The van der Waals surface area contributed by atoms with Crippen molar-refractivity contribution in [3.8, 4) is 0 Å². The van der Waals surface area contributed by atoms with Crippen LogP contribution in [0.15, 0.2) is 0 Å². The van der Waals surface area contributed by atoms with Gasteiger partial charge < -0.3 is 5.32 Å². The highest BCUT2D eigenvalue weighted by Crippen LogP contribution is 2.44. The minimum absolute atomic E-state index is 0.758. The van der Waals surface area contributed by atoms with E-state index in [4.69, 9.17) is 0 Å². The van der Waals surface area contributed by atoms with Gasteiger partial charge in [-0.25, -0.2) is 0 Å². The van der Waals surface area contributed by atoms with Crippen molar-refractivity contribution in [2.24, 2.45) is 11.3 Å². The van der Waals surface area contributed by atoms with Crippen LogP contribution in [0.25, 0.3) is 0 Å². The van der Waals surface area contributed by atoms with Gasteiger partial charge in [0.25, 0.3) is 0 Å². The van der Waals surface area contributed by atoms with Crippen molar-refractivity contribution in [3.63, 3.8) is 0 Å². The molecule has 0 radical (unpaired) electrons. The molecule has 0 aromatic heterocycles.